The number of aliphatic hydroxyl groups excluding tert-OH is 1. The molecule has 1 rings (SSSR count). The zero-order valence-corrected chi connectivity index (χ0v) is 15.8. The van der Waals surface area contributed by atoms with Gasteiger partial charge in [-0.15, -0.1) is 0 Å². The normalized spacial score (nSPS) is 13.8. The van der Waals surface area contributed by atoms with E-state index >= 15 is 0 Å². The number of benzene rings is 1. The van der Waals surface area contributed by atoms with Crippen molar-refractivity contribution in [2.24, 2.45) is 5.92 Å². The predicted molar refractivity (Wildman–Crippen MR) is 98.9 cm³/mol. The van der Waals surface area contributed by atoms with Gasteiger partial charge in [0.25, 0.3) is 0 Å². The van der Waals surface area contributed by atoms with Gasteiger partial charge in [-0.1, -0.05) is 39.8 Å². The number of nitrogens with one attached hydrogen (secondary N) is 2. The maximum Gasteiger partial charge on any atom is 0.314 e. The van der Waals surface area contributed by atoms with Gasteiger partial charge < -0.3 is 15.7 Å². The van der Waals surface area contributed by atoms with Crippen molar-refractivity contribution >= 4 is 6.03 Å². The van der Waals surface area contributed by atoms with E-state index in [9.17, 15) is 14.3 Å². The minimum atomic E-state index is -0.861. The van der Waals surface area contributed by atoms with E-state index in [1.807, 2.05) is 0 Å². The predicted octanol–water partition coefficient (Wildman–Crippen LogP) is 2.91. The molecule has 0 fully saturated rings. The Kier molecular flexibility index (Phi) is 9.45. The van der Waals surface area contributed by atoms with Crippen LogP contribution in [0, 0.1) is 11.7 Å². The Morgan fingerprint density at radius 1 is 1.12 bits per heavy atom. The number of rotatable bonds is 10. The van der Waals surface area contributed by atoms with Crippen molar-refractivity contribution in [3.05, 3.63) is 35.6 Å². The third-order valence-electron chi connectivity index (χ3n) is 4.28. The molecule has 0 aromatic heterocycles. The highest BCUT2D eigenvalue weighted by Crippen LogP contribution is 2.13. The van der Waals surface area contributed by atoms with Crippen molar-refractivity contribution in [1.29, 1.82) is 0 Å². The minimum Gasteiger partial charge on any atom is -0.387 e. The van der Waals surface area contributed by atoms with Crippen LogP contribution in [0.3, 0.4) is 0 Å². The molecule has 0 heterocycles. The van der Waals surface area contributed by atoms with Crippen LogP contribution < -0.4 is 10.6 Å². The second kappa shape index (κ2) is 11.1. The van der Waals surface area contributed by atoms with E-state index in [0.717, 1.165) is 19.5 Å². The Balaban J connectivity index is 2.44. The fourth-order valence-corrected chi connectivity index (χ4v) is 2.91. The topological polar surface area (TPSA) is 64.6 Å². The van der Waals surface area contributed by atoms with Crippen molar-refractivity contribution in [2.45, 2.75) is 46.3 Å². The fourth-order valence-electron chi connectivity index (χ4n) is 2.91. The molecule has 0 aliphatic heterocycles. The van der Waals surface area contributed by atoms with Crippen molar-refractivity contribution in [3.8, 4) is 0 Å². The molecule has 6 heteroatoms. The van der Waals surface area contributed by atoms with E-state index in [0.29, 0.717) is 24.1 Å². The fraction of sp³-hybridized carbons (Fsp3) is 0.632. The van der Waals surface area contributed by atoms with Gasteiger partial charge in [-0.2, -0.15) is 0 Å². The van der Waals surface area contributed by atoms with E-state index < -0.39 is 6.10 Å². The molecule has 0 saturated carbocycles. The van der Waals surface area contributed by atoms with Gasteiger partial charge in [0.2, 0.25) is 0 Å². The highest BCUT2D eigenvalue weighted by Gasteiger charge is 2.18. The smallest absolute Gasteiger partial charge is 0.314 e. The summed E-state index contributed by atoms with van der Waals surface area (Å²) >= 11 is 0. The SMILES string of the molecule is CCN(CC)C(CNC(=O)NCC(O)c1ccc(F)cc1)CC(C)C. The first kappa shape index (κ1) is 21.4. The maximum absolute atomic E-state index is 12.9. The molecule has 2 atom stereocenters. The molecule has 1 aromatic carbocycles. The molecule has 3 N–H and O–H groups in total. The summed E-state index contributed by atoms with van der Waals surface area (Å²) in [5, 5.41) is 15.6. The number of likely N-dealkylation sites (N-methyl/N-ethyl adjacent to an activating group) is 1. The van der Waals surface area contributed by atoms with Crippen LogP contribution in [-0.4, -0.2) is 48.3 Å². The highest BCUT2D eigenvalue weighted by molar-refractivity contribution is 5.73. The Morgan fingerprint density at radius 3 is 2.20 bits per heavy atom. The Labute approximate surface area is 150 Å². The number of urea groups is 1. The molecule has 0 aliphatic carbocycles. The van der Waals surface area contributed by atoms with E-state index in [4.69, 9.17) is 0 Å². The second-order valence-electron chi connectivity index (χ2n) is 6.66. The zero-order valence-electron chi connectivity index (χ0n) is 15.8. The lowest BCUT2D eigenvalue weighted by Crippen LogP contribution is -2.47. The van der Waals surface area contributed by atoms with Gasteiger partial charge >= 0.3 is 6.03 Å². The Hall–Kier alpha value is -1.66. The second-order valence-corrected chi connectivity index (χ2v) is 6.66. The average Bonchev–Trinajstić information content (AvgIpc) is 2.58. The molecular formula is C19H32FN3O2. The molecule has 5 nitrogen and oxygen atoms in total. The summed E-state index contributed by atoms with van der Waals surface area (Å²) in [6.45, 7) is 11.1. The number of aliphatic hydroxyl groups is 1. The van der Waals surface area contributed by atoms with Crippen LogP contribution in [0.5, 0.6) is 0 Å². The molecule has 25 heavy (non-hydrogen) atoms. The lowest BCUT2D eigenvalue weighted by Gasteiger charge is -2.31. The number of carbonyl (C=O) groups is 1. The lowest BCUT2D eigenvalue weighted by molar-refractivity contribution is 0.168. The molecule has 142 valence electrons. The molecule has 2 unspecified atom stereocenters. The van der Waals surface area contributed by atoms with Crippen LogP contribution in [0.4, 0.5) is 9.18 Å². The van der Waals surface area contributed by atoms with E-state index in [1.54, 1.807) is 0 Å². The van der Waals surface area contributed by atoms with Crippen LogP contribution in [0.15, 0.2) is 24.3 Å². The molecule has 0 radical (unpaired) electrons. The van der Waals surface area contributed by atoms with Crippen molar-refractivity contribution in [3.63, 3.8) is 0 Å². The first-order chi connectivity index (χ1) is 11.9. The zero-order chi connectivity index (χ0) is 18.8. The molecular weight excluding hydrogens is 321 g/mol. The summed E-state index contributed by atoms with van der Waals surface area (Å²) < 4.78 is 12.9. The third-order valence-corrected chi connectivity index (χ3v) is 4.28. The number of halogens is 1. The van der Waals surface area contributed by atoms with E-state index in [1.165, 1.54) is 24.3 Å². The van der Waals surface area contributed by atoms with E-state index in [2.05, 4.69) is 43.2 Å². The van der Waals surface area contributed by atoms with E-state index in [-0.39, 0.29) is 18.4 Å². The van der Waals surface area contributed by atoms with Gasteiger partial charge in [0.05, 0.1) is 6.10 Å². The van der Waals surface area contributed by atoms with Crippen LogP contribution in [0.25, 0.3) is 0 Å². The number of hydrogen-bond acceptors (Lipinski definition) is 3. The summed E-state index contributed by atoms with van der Waals surface area (Å²) in [6.07, 6.45) is 0.153. The molecule has 0 aliphatic rings. The van der Waals surface area contributed by atoms with Gasteiger partial charge in [0.1, 0.15) is 5.82 Å². The maximum atomic E-state index is 12.9. The monoisotopic (exact) mass is 353 g/mol. The molecule has 0 bridgehead atoms. The summed E-state index contributed by atoms with van der Waals surface area (Å²) in [5.41, 5.74) is 0.572. The van der Waals surface area contributed by atoms with Gasteiger partial charge in [-0.25, -0.2) is 9.18 Å². The van der Waals surface area contributed by atoms with Crippen LogP contribution in [0.1, 0.15) is 45.8 Å². The number of carbonyl (C=O) groups excluding carboxylic acids is 1. The Bertz CT molecular complexity index is 504. The van der Waals surface area contributed by atoms with Crippen LogP contribution in [-0.2, 0) is 0 Å². The number of nitrogens with zero attached hydrogens (tertiary/aromatic N) is 1. The quantitative estimate of drug-likeness (QED) is 0.606. The number of amides is 2. The third kappa shape index (κ3) is 7.84. The molecule has 0 spiro atoms. The first-order valence-corrected chi connectivity index (χ1v) is 9.06. The minimum absolute atomic E-state index is 0.0809. The van der Waals surface area contributed by atoms with Crippen LogP contribution >= 0.6 is 0 Å². The first-order valence-electron chi connectivity index (χ1n) is 9.06. The summed E-state index contributed by atoms with van der Waals surface area (Å²) in [6, 6.07) is 5.60. The largest absolute Gasteiger partial charge is 0.387 e. The van der Waals surface area contributed by atoms with Gasteiger partial charge in [-0.05, 0) is 43.1 Å². The summed E-state index contributed by atoms with van der Waals surface area (Å²) in [7, 11) is 0. The summed E-state index contributed by atoms with van der Waals surface area (Å²) in [5.74, 6) is 0.199. The molecule has 2 amide bonds. The van der Waals surface area contributed by atoms with Crippen LogP contribution in [0.2, 0.25) is 0 Å². The van der Waals surface area contributed by atoms with Gasteiger partial charge in [0, 0.05) is 19.1 Å². The average molecular weight is 353 g/mol. The Morgan fingerprint density at radius 2 is 1.68 bits per heavy atom. The number of hydrogen-bond donors (Lipinski definition) is 3. The standard InChI is InChI=1S/C19H32FN3O2/c1-5-23(6-2)17(11-14(3)4)12-21-19(25)22-13-18(24)15-7-9-16(20)10-8-15/h7-10,14,17-18,24H,5-6,11-13H2,1-4H3,(H2,21,22,25). The summed E-state index contributed by atoms with van der Waals surface area (Å²) in [4.78, 5) is 14.4. The van der Waals surface area contributed by atoms with Crippen molar-refractivity contribution < 1.29 is 14.3 Å². The molecule has 1 aromatic rings. The molecule has 0 saturated heterocycles. The van der Waals surface area contributed by atoms with Crippen molar-refractivity contribution in [2.75, 3.05) is 26.2 Å². The highest BCUT2D eigenvalue weighted by atomic mass is 19.1. The van der Waals surface area contributed by atoms with Gasteiger partial charge in [0.15, 0.2) is 0 Å². The lowest BCUT2D eigenvalue weighted by atomic mass is 10.0. The van der Waals surface area contributed by atoms with Gasteiger partial charge in [-0.3, -0.25) is 4.90 Å². The van der Waals surface area contributed by atoms with Crippen molar-refractivity contribution in [1.82, 2.24) is 15.5 Å².